The van der Waals surface area contributed by atoms with Crippen LogP contribution in [-0.2, 0) is 11.3 Å². The summed E-state index contributed by atoms with van der Waals surface area (Å²) < 4.78 is 5.89. The summed E-state index contributed by atoms with van der Waals surface area (Å²) in [5.74, 6) is 1.57. The highest BCUT2D eigenvalue weighted by atomic mass is 16.5. The molecule has 0 amide bonds. The van der Waals surface area contributed by atoms with Crippen molar-refractivity contribution in [3.63, 3.8) is 0 Å². The SMILES string of the molecule is CCOC(c1ncc(CN)[nH]1)C1CCCCC1. The van der Waals surface area contributed by atoms with E-state index in [1.807, 2.05) is 13.1 Å². The van der Waals surface area contributed by atoms with Gasteiger partial charge in [0.25, 0.3) is 0 Å². The number of hydrogen-bond acceptors (Lipinski definition) is 3. The lowest BCUT2D eigenvalue weighted by atomic mass is 9.85. The van der Waals surface area contributed by atoms with Crippen molar-refractivity contribution in [1.29, 1.82) is 0 Å². The van der Waals surface area contributed by atoms with Crippen LogP contribution in [-0.4, -0.2) is 16.6 Å². The van der Waals surface area contributed by atoms with Crippen LogP contribution in [0.15, 0.2) is 6.20 Å². The molecular formula is C13H23N3O. The normalized spacial score (nSPS) is 19.4. The number of ether oxygens (including phenoxy) is 1. The van der Waals surface area contributed by atoms with Crippen molar-refractivity contribution in [3.05, 3.63) is 17.7 Å². The largest absolute Gasteiger partial charge is 0.370 e. The topological polar surface area (TPSA) is 63.9 Å². The van der Waals surface area contributed by atoms with E-state index >= 15 is 0 Å². The third kappa shape index (κ3) is 3.07. The van der Waals surface area contributed by atoms with Gasteiger partial charge < -0.3 is 15.5 Å². The highest BCUT2D eigenvalue weighted by Gasteiger charge is 2.27. The van der Waals surface area contributed by atoms with Crippen LogP contribution >= 0.6 is 0 Å². The maximum Gasteiger partial charge on any atom is 0.135 e. The van der Waals surface area contributed by atoms with E-state index in [0.29, 0.717) is 12.5 Å². The van der Waals surface area contributed by atoms with Gasteiger partial charge >= 0.3 is 0 Å². The predicted octanol–water partition coefficient (Wildman–Crippen LogP) is 2.53. The molecule has 17 heavy (non-hydrogen) atoms. The van der Waals surface area contributed by atoms with Gasteiger partial charge in [0.15, 0.2) is 0 Å². The van der Waals surface area contributed by atoms with Crippen molar-refractivity contribution >= 4 is 0 Å². The fourth-order valence-corrected chi connectivity index (χ4v) is 2.68. The zero-order valence-corrected chi connectivity index (χ0v) is 10.6. The zero-order valence-electron chi connectivity index (χ0n) is 10.6. The number of H-pyrrole nitrogens is 1. The number of nitrogens with two attached hydrogens (primary N) is 1. The summed E-state index contributed by atoms with van der Waals surface area (Å²) >= 11 is 0. The molecule has 4 heteroatoms. The Morgan fingerprint density at radius 3 is 2.82 bits per heavy atom. The van der Waals surface area contributed by atoms with Crippen LogP contribution in [0.5, 0.6) is 0 Å². The van der Waals surface area contributed by atoms with Gasteiger partial charge in [0.2, 0.25) is 0 Å². The maximum absolute atomic E-state index is 5.89. The Labute approximate surface area is 103 Å². The van der Waals surface area contributed by atoms with Gasteiger partial charge in [-0.1, -0.05) is 19.3 Å². The summed E-state index contributed by atoms with van der Waals surface area (Å²) in [5, 5.41) is 0. The van der Waals surface area contributed by atoms with Gasteiger partial charge in [-0.15, -0.1) is 0 Å². The van der Waals surface area contributed by atoms with Crippen LogP contribution in [0, 0.1) is 5.92 Å². The van der Waals surface area contributed by atoms with Gasteiger partial charge in [0.05, 0.1) is 0 Å². The Morgan fingerprint density at radius 1 is 1.47 bits per heavy atom. The molecule has 0 aliphatic heterocycles. The van der Waals surface area contributed by atoms with Crippen LogP contribution in [0.3, 0.4) is 0 Å². The number of rotatable bonds is 5. The van der Waals surface area contributed by atoms with E-state index in [0.717, 1.165) is 18.1 Å². The fraction of sp³-hybridized carbons (Fsp3) is 0.769. The smallest absolute Gasteiger partial charge is 0.135 e. The molecule has 0 spiro atoms. The van der Waals surface area contributed by atoms with Crippen LogP contribution in [0.1, 0.15) is 56.7 Å². The molecule has 0 bridgehead atoms. The summed E-state index contributed by atoms with van der Waals surface area (Å²) in [5.41, 5.74) is 6.59. The van der Waals surface area contributed by atoms with Crippen LogP contribution in [0.25, 0.3) is 0 Å². The second-order valence-corrected chi connectivity index (χ2v) is 4.77. The van der Waals surface area contributed by atoms with Crippen molar-refractivity contribution in [1.82, 2.24) is 9.97 Å². The van der Waals surface area contributed by atoms with E-state index in [1.54, 1.807) is 0 Å². The quantitative estimate of drug-likeness (QED) is 0.827. The fourth-order valence-electron chi connectivity index (χ4n) is 2.68. The van der Waals surface area contributed by atoms with E-state index < -0.39 is 0 Å². The molecular weight excluding hydrogens is 214 g/mol. The second-order valence-electron chi connectivity index (χ2n) is 4.77. The zero-order chi connectivity index (χ0) is 12.1. The van der Waals surface area contributed by atoms with E-state index in [2.05, 4.69) is 9.97 Å². The maximum atomic E-state index is 5.89. The number of aromatic nitrogens is 2. The standard InChI is InChI=1S/C13H23N3O/c1-2-17-12(10-6-4-3-5-7-10)13-15-9-11(8-14)16-13/h9-10,12H,2-8,14H2,1H3,(H,15,16). The molecule has 2 rings (SSSR count). The first kappa shape index (κ1) is 12.6. The third-order valence-corrected chi connectivity index (χ3v) is 3.56. The lowest BCUT2D eigenvalue weighted by molar-refractivity contribution is 0.000292. The number of aromatic amines is 1. The van der Waals surface area contributed by atoms with Crippen molar-refractivity contribution in [2.75, 3.05) is 6.61 Å². The molecule has 1 heterocycles. The lowest BCUT2D eigenvalue weighted by Gasteiger charge is -2.28. The van der Waals surface area contributed by atoms with Crippen molar-refractivity contribution in [2.45, 2.75) is 51.7 Å². The Kier molecular flexibility index (Phi) is 4.57. The first-order valence-electron chi connectivity index (χ1n) is 6.70. The van der Waals surface area contributed by atoms with Gasteiger partial charge in [-0.2, -0.15) is 0 Å². The van der Waals surface area contributed by atoms with E-state index in [1.165, 1.54) is 32.1 Å². The number of hydrogen-bond donors (Lipinski definition) is 2. The average molecular weight is 237 g/mol. The molecule has 1 aromatic heterocycles. The number of nitrogens with zero attached hydrogens (tertiary/aromatic N) is 1. The molecule has 96 valence electrons. The molecule has 1 aliphatic rings. The molecule has 1 aromatic rings. The summed E-state index contributed by atoms with van der Waals surface area (Å²) in [6, 6.07) is 0. The van der Waals surface area contributed by atoms with Gasteiger partial charge in [0.1, 0.15) is 11.9 Å². The molecule has 1 unspecified atom stereocenters. The molecule has 1 saturated carbocycles. The first-order valence-corrected chi connectivity index (χ1v) is 6.70. The second kappa shape index (κ2) is 6.17. The first-order chi connectivity index (χ1) is 8.35. The van der Waals surface area contributed by atoms with Crippen LogP contribution < -0.4 is 5.73 Å². The minimum Gasteiger partial charge on any atom is -0.370 e. The molecule has 3 N–H and O–H groups in total. The highest BCUT2D eigenvalue weighted by molar-refractivity contribution is 5.04. The summed E-state index contributed by atoms with van der Waals surface area (Å²) in [7, 11) is 0. The van der Waals surface area contributed by atoms with Crippen LogP contribution in [0.4, 0.5) is 0 Å². The Bertz CT molecular complexity index is 331. The number of nitrogens with one attached hydrogen (secondary N) is 1. The molecule has 1 fully saturated rings. The molecule has 1 aliphatic carbocycles. The van der Waals surface area contributed by atoms with E-state index in [9.17, 15) is 0 Å². The van der Waals surface area contributed by atoms with Gasteiger partial charge in [-0.25, -0.2) is 4.98 Å². The van der Waals surface area contributed by atoms with E-state index in [4.69, 9.17) is 10.5 Å². The van der Waals surface area contributed by atoms with Crippen molar-refractivity contribution < 1.29 is 4.74 Å². The Balaban J connectivity index is 2.09. The molecule has 1 atom stereocenters. The summed E-state index contributed by atoms with van der Waals surface area (Å²) in [6.07, 6.45) is 8.45. The monoisotopic (exact) mass is 237 g/mol. The minimum atomic E-state index is 0.126. The summed E-state index contributed by atoms with van der Waals surface area (Å²) in [4.78, 5) is 7.70. The molecule has 0 aromatic carbocycles. The van der Waals surface area contributed by atoms with Crippen molar-refractivity contribution in [2.24, 2.45) is 11.7 Å². The van der Waals surface area contributed by atoms with Gasteiger partial charge in [-0.3, -0.25) is 0 Å². The number of imidazole rings is 1. The summed E-state index contributed by atoms with van der Waals surface area (Å²) in [6.45, 7) is 3.29. The van der Waals surface area contributed by atoms with Crippen molar-refractivity contribution in [3.8, 4) is 0 Å². The van der Waals surface area contributed by atoms with E-state index in [-0.39, 0.29) is 6.10 Å². The highest BCUT2D eigenvalue weighted by Crippen LogP contribution is 2.35. The molecule has 0 saturated heterocycles. The third-order valence-electron chi connectivity index (χ3n) is 3.56. The minimum absolute atomic E-state index is 0.126. The Morgan fingerprint density at radius 2 is 2.24 bits per heavy atom. The average Bonchev–Trinajstić information content (AvgIpc) is 2.85. The predicted molar refractivity (Wildman–Crippen MR) is 67.4 cm³/mol. The Hall–Kier alpha value is -0.870. The van der Waals surface area contributed by atoms with Gasteiger partial charge in [-0.05, 0) is 25.7 Å². The molecule has 0 radical (unpaired) electrons. The lowest BCUT2D eigenvalue weighted by Crippen LogP contribution is -2.20. The molecule has 4 nitrogen and oxygen atoms in total. The van der Waals surface area contributed by atoms with Crippen LogP contribution in [0.2, 0.25) is 0 Å². The van der Waals surface area contributed by atoms with Gasteiger partial charge in [0, 0.05) is 25.0 Å².